The number of carbonyl (C=O) groups excluding carboxylic acids is 2. The van der Waals surface area contributed by atoms with Crippen LogP contribution in [0.3, 0.4) is 0 Å². The zero-order valence-corrected chi connectivity index (χ0v) is 16.9. The van der Waals surface area contributed by atoms with Crippen LogP contribution in [0.25, 0.3) is 0 Å². The molecule has 2 heterocycles. The highest BCUT2D eigenvalue weighted by atomic mass is 35.5. The summed E-state index contributed by atoms with van der Waals surface area (Å²) in [5.74, 6) is -0.350. The molecule has 2 amide bonds. The summed E-state index contributed by atoms with van der Waals surface area (Å²) in [7, 11) is 1.76. The number of likely N-dealkylation sites (N-methyl/N-ethyl adjacent to an activating group) is 1. The standard InChI is InChI=1S/C21H22ClFN4O2/c1-25-19-11-15(3-2-14(19)10-20(25)28)24-13-21(29)27-8-6-26(7-9-27)16-4-5-17(22)18(23)12-16/h2-5,11-12,24H,6-10,13H2,1H3. The van der Waals surface area contributed by atoms with Gasteiger partial charge in [0.1, 0.15) is 5.82 Å². The molecule has 1 saturated heterocycles. The minimum Gasteiger partial charge on any atom is -0.376 e. The molecule has 0 saturated carbocycles. The van der Waals surface area contributed by atoms with Crippen molar-refractivity contribution in [3.05, 3.63) is 52.8 Å². The number of nitrogens with one attached hydrogen (secondary N) is 1. The van der Waals surface area contributed by atoms with Gasteiger partial charge in [0.15, 0.2) is 0 Å². The van der Waals surface area contributed by atoms with Gasteiger partial charge in [-0.2, -0.15) is 0 Å². The first-order chi connectivity index (χ1) is 13.9. The summed E-state index contributed by atoms with van der Waals surface area (Å²) in [6.45, 7) is 2.61. The second-order valence-corrected chi connectivity index (χ2v) is 7.70. The van der Waals surface area contributed by atoms with E-state index in [1.807, 2.05) is 23.1 Å². The summed E-state index contributed by atoms with van der Waals surface area (Å²) in [6.07, 6.45) is 0.423. The maximum Gasteiger partial charge on any atom is 0.241 e. The largest absolute Gasteiger partial charge is 0.376 e. The van der Waals surface area contributed by atoms with Crippen molar-refractivity contribution in [2.45, 2.75) is 6.42 Å². The molecule has 152 valence electrons. The minimum absolute atomic E-state index is 0.0110. The molecule has 0 unspecified atom stereocenters. The van der Waals surface area contributed by atoms with E-state index in [2.05, 4.69) is 5.32 Å². The molecule has 2 aliphatic rings. The Hall–Kier alpha value is -2.80. The van der Waals surface area contributed by atoms with Gasteiger partial charge in [-0.05, 0) is 35.9 Å². The van der Waals surface area contributed by atoms with Gasteiger partial charge in [-0.25, -0.2) is 4.39 Å². The van der Waals surface area contributed by atoms with E-state index in [-0.39, 0.29) is 23.4 Å². The highest BCUT2D eigenvalue weighted by Gasteiger charge is 2.25. The van der Waals surface area contributed by atoms with Crippen molar-refractivity contribution in [1.29, 1.82) is 0 Å². The van der Waals surface area contributed by atoms with E-state index >= 15 is 0 Å². The number of hydrogen-bond acceptors (Lipinski definition) is 4. The zero-order valence-electron chi connectivity index (χ0n) is 16.1. The predicted molar refractivity (Wildman–Crippen MR) is 112 cm³/mol. The Morgan fingerprint density at radius 2 is 1.90 bits per heavy atom. The Morgan fingerprint density at radius 1 is 1.14 bits per heavy atom. The van der Waals surface area contributed by atoms with Crippen LogP contribution in [0.5, 0.6) is 0 Å². The number of rotatable bonds is 4. The Kier molecular flexibility index (Phi) is 5.32. The van der Waals surface area contributed by atoms with Crippen molar-refractivity contribution in [1.82, 2.24) is 4.90 Å². The number of anilines is 3. The quantitative estimate of drug-likeness (QED) is 0.832. The van der Waals surface area contributed by atoms with Crippen molar-refractivity contribution in [2.24, 2.45) is 0 Å². The maximum absolute atomic E-state index is 13.7. The SMILES string of the molecule is CN1C(=O)Cc2ccc(NCC(=O)N3CCN(c4ccc(Cl)c(F)c4)CC3)cc21. The van der Waals surface area contributed by atoms with Crippen LogP contribution in [0.15, 0.2) is 36.4 Å². The molecule has 1 N–H and O–H groups in total. The predicted octanol–water partition coefficient (Wildman–Crippen LogP) is 2.76. The maximum atomic E-state index is 13.7. The Labute approximate surface area is 173 Å². The van der Waals surface area contributed by atoms with Gasteiger partial charge < -0.3 is 20.0 Å². The number of halogens is 2. The van der Waals surface area contributed by atoms with Gasteiger partial charge in [0, 0.05) is 50.3 Å². The van der Waals surface area contributed by atoms with Crippen molar-refractivity contribution in [3.63, 3.8) is 0 Å². The van der Waals surface area contributed by atoms with Gasteiger partial charge in [0.05, 0.1) is 18.0 Å². The fourth-order valence-corrected chi connectivity index (χ4v) is 3.85. The van der Waals surface area contributed by atoms with Crippen molar-refractivity contribution < 1.29 is 14.0 Å². The molecule has 8 heteroatoms. The average molecular weight is 417 g/mol. The lowest BCUT2D eigenvalue weighted by Gasteiger charge is -2.36. The highest BCUT2D eigenvalue weighted by molar-refractivity contribution is 6.30. The Bertz CT molecular complexity index is 960. The lowest BCUT2D eigenvalue weighted by Crippen LogP contribution is -2.50. The normalized spacial score (nSPS) is 16.2. The van der Waals surface area contributed by atoms with Crippen LogP contribution in [-0.2, 0) is 16.0 Å². The van der Waals surface area contributed by atoms with Crippen LogP contribution >= 0.6 is 11.6 Å². The molecule has 0 atom stereocenters. The first-order valence-electron chi connectivity index (χ1n) is 9.53. The first kappa shape index (κ1) is 19.5. The van der Waals surface area contributed by atoms with Crippen LogP contribution in [-0.4, -0.2) is 56.5 Å². The van der Waals surface area contributed by atoms with Gasteiger partial charge in [-0.1, -0.05) is 17.7 Å². The molecule has 2 aromatic rings. The third-order valence-corrected chi connectivity index (χ3v) is 5.81. The van der Waals surface area contributed by atoms with Gasteiger partial charge >= 0.3 is 0 Å². The molecular formula is C21H22ClFN4O2. The molecule has 4 rings (SSSR count). The van der Waals surface area contributed by atoms with Crippen LogP contribution in [0, 0.1) is 5.82 Å². The number of fused-ring (bicyclic) bond motifs is 1. The van der Waals surface area contributed by atoms with Gasteiger partial charge in [-0.3, -0.25) is 9.59 Å². The zero-order chi connectivity index (χ0) is 20.5. The summed E-state index contributed by atoms with van der Waals surface area (Å²) < 4.78 is 13.7. The fraction of sp³-hybridized carbons (Fsp3) is 0.333. The molecule has 2 aromatic carbocycles. The van der Waals surface area contributed by atoms with Gasteiger partial charge in [0.2, 0.25) is 11.8 Å². The summed E-state index contributed by atoms with van der Waals surface area (Å²) in [5, 5.41) is 3.26. The number of benzene rings is 2. The molecule has 0 aliphatic carbocycles. The van der Waals surface area contributed by atoms with Crippen molar-refractivity contribution >= 4 is 40.5 Å². The van der Waals surface area contributed by atoms with E-state index in [1.54, 1.807) is 29.0 Å². The van der Waals surface area contributed by atoms with E-state index in [0.717, 1.165) is 22.6 Å². The van der Waals surface area contributed by atoms with E-state index in [1.165, 1.54) is 6.07 Å². The Morgan fingerprint density at radius 3 is 2.62 bits per heavy atom. The third kappa shape index (κ3) is 4.00. The van der Waals surface area contributed by atoms with Crippen LogP contribution in [0.1, 0.15) is 5.56 Å². The highest BCUT2D eigenvalue weighted by Crippen LogP contribution is 2.30. The van der Waals surface area contributed by atoms with E-state index < -0.39 is 5.82 Å². The van der Waals surface area contributed by atoms with Gasteiger partial charge in [-0.15, -0.1) is 0 Å². The first-order valence-corrected chi connectivity index (χ1v) is 9.91. The Balaban J connectivity index is 1.30. The van der Waals surface area contributed by atoms with Crippen LogP contribution in [0.2, 0.25) is 5.02 Å². The molecule has 6 nitrogen and oxygen atoms in total. The van der Waals surface area contributed by atoms with Crippen LogP contribution < -0.4 is 15.1 Å². The topological polar surface area (TPSA) is 55.9 Å². The molecule has 0 bridgehead atoms. The number of hydrogen-bond donors (Lipinski definition) is 1. The molecule has 2 aliphatic heterocycles. The molecule has 0 radical (unpaired) electrons. The third-order valence-electron chi connectivity index (χ3n) is 5.51. The van der Waals surface area contributed by atoms with E-state index in [0.29, 0.717) is 32.6 Å². The number of amides is 2. The minimum atomic E-state index is -0.437. The molecule has 0 spiro atoms. The second kappa shape index (κ2) is 7.91. The fourth-order valence-electron chi connectivity index (χ4n) is 3.74. The molecule has 29 heavy (non-hydrogen) atoms. The van der Waals surface area contributed by atoms with Gasteiger partial charge in [0.25, 0.3) is 0 Å². The summed E-state index contributed by atoms with van der Waals surface area (Å²) in [6, 6.07) is 10.5. The molecule has 0 aromatic heterocycles. The summed E-state index contributed by atoms with van der Waals surface area (Å²) in [4.78, 5) is 29.8. The molecule has 1 fully saturated rings. The van der Waals surface area contributed by atoms with Crippen LogP contribution in [0.4, 0.5) is 21.5 Å². The van der Waals surface area contributed by atoms with Crippen molar-refractivity contribution in [3.8, 4) is 0 Å². The summed E-state index contributed by atoms with van der Waals surface area (Å²) >= 11 is 5.74. The number of carbonyl (C=O) groups is 2. The number of nitrogens with zero attached hydrogens (tertiary/aromatic N) is 3. The van der Waals surface area contributed by atoms with E-state index in [9.17, 15) is 14.0 Å². The second-order valence-electron chi connectivity index (χ2n) is 7.29. The lowest BCUT2D eigenvalue weighted by molar-refractivity contribution is -0.129. The smallest absolute Gasteiger partial charge is 0.241 e. The molecular weight excluding hydrogens is 395 g/mol. The monoisotopic (exact) mass is 416 g/mol. The van der Waals surface area contributed by atoms with E-state index in [4.69, 9.17) is 11.6 Å². The number of piperazine rings is 1. The average Bonchev–Trinajstić information content (AvgIpc) is 3.02. The lowest BCUT2D eigenvalue weighted by atomic mass is 10.1. The van der Waals surface area contributed by atoms with Crippen molar-refractivity contribution in [2.75, 3.05) is 54.9 Å². The summed E-state index contributed by atoms with van der Waals surface area (Å²) in [5.41, 5.74) is 3.48.